The van der Waals surface area contributed by atoms with Crippen LogP contribution in [0.25, 0.3) is 10.2 Å². The first kappa shape index (κ1) is 21.0. The number of hydrogen-bond acceptors (Lipinski definition) is 3. The summed E-state index contributed by atoms with van der Waals surface area (Å²) in [6.07, 6.45) is 2.13. The molecule has 0 atom stereocenters. The van der Waals surface area contributed by atoms with Crippen LogP contribution >= 0.6 is 11.3 Å². The highest BCUT2D eigenvalue weighted by molar-refractivity contribution is 7.20. The third-order valence-corrected chi connectivity index (χ3v) is 6.75. The first-order valence-corrected chi connectivity index (χ1v) is 11.2. The molecule has 0 aliphatic carbocycles. The average Bonchev–Trinajstić information content (AvgIpc) is 3.10. The van der Waals surface area contributed by atoms with E-state index in [1.165, 1.54) is 29.9 Å². The van der Waals surface area contributed by atoms with Gasteiger partial charge in [0.2, 0.25) is 0 Å². The molecule has 1 radical (unpaired) electrons. The number of nitrogens with zero attached hydrogens (tertiary/aromatic N) is 2. The van der Waals surface area contributed by atoms with E-state index >= 15 is 0 Å². The highest BCUT2D eigenvalue weighted by Crippen LogP contribution is 2.33. The van der Waals surface area contributed by atoms with Crippen LogP contribution < -0.4 is 4.90 Å². The first-order valence-electron chi connectivity index (χ1n) is 10.4. The predicted octanol–water partition coefficient (Wildman–Crippen LogP) is 7.09. The van der Waals surface area contributed by atoms with E-state index in [0.29, 0.717) is 5.92 Å². The van der Waals surface area contributed by atoms with Gasteiger partial charge >= 0.3 is 11.4 Å². The van der Waals surface area contributed by atoms with Gasteiger partial charge in [-0.15, -0.1) is 0 Å². The molecule has 30 heavy (non-hydrogen) atoms. The number of benzene rings is 2. The van der Waals surface area contributed by atoms with Crippen LogP contribution in [-0.2, 0) is 17.7 Å². The van der Waals surface area contributed by atoms with Crippen LogP contribution in [0.2, 0.25) is 0 Å². The summed E-state index contributed by atoms with van der Waals surface area (Å²) in [5.41, 5.74) is 2.32. The van der Waals surface area contributed by atoms with Gasteiger partial charge < -0.3 is 4.90 Å². The summed E-state index contributed by atoms with van der Waals surface area (Å²) >= 11 is 1.20. The molecule has 2 aromatic carbocycles. The average molecular weight is 434 g/mol. The molecule has 2 heterocycles. The lowest BCUT2D eigenvalue weighted by Crippen LogP contribution is -2.33. The molecule has 0 unspecified atom stereocenters. The summed E-state index contributed by atoms with van der Waals surface area (Å²) < 4.78 is 38.8. The van der Waals surface area contributed by atoms with Crippen molar-refractivity contribution in [2.75, 3.05) is 18.0 Å². The summed E-state index contributed by atoms with van der Waals surface area (Å²) in [6, 6.07) is 11.6. The molecule has 3 aromatic rings. The predicted molar refractivity (Wildman–Crippen MR) is 114 cm³/mol. The Kier molecular flexibility index (Phi) is 6.18. The molecule has 0 N–H and O–H groups in total. The monoisotopic (exact) mass is 433 g/mol. The maximum Gasteiger partial charge on any atom is 0.416 e. The van der Waals surface area contributed by atoms with Gasteiger partial charge in [-0.3, -0.25) is 5.11 Å². The smallest absolute Gasteiger partial charge is 0.371 e. The Balaban J connectivity index is 1.19. The number of anilines is 1. The fourth-order valence-corrected chi connectivity index (χ4v) is 4.92. The van der Waals surface area contributed by atoms with E-state index in [2.05, 4.69) is 16.0 Å². The summed E-state index contributed by atoms with van der Waals surface area (Å²) in [5, 5.41) is 11.3. The number of thiazole rings is 1. The molecule has 1 saturated heterocycles. The maximum absolute atomic E-state index is 12.6. The Morgan fingerprint density at radius 2 is 1.77 bits per heavy atom. The lowest BCUT2D eigenvalue weighted by atomic mass is 9.90. The fourth-order valence-electron chi connectivity index (χ4n) is 4.19. The molecule has 1 aromatic heterocycles. The van der Waals surface area contributed by atoms with Crippen LogP contribution in [0.1, 0.15) is 43.2 Å². The van der Waals surface area contributed by atoms with Gasteiger partial charge in [-0.2, -0.15) is 18.2 Å². The van der Waals surface area contributed by atoms with E-state index in [-0.39, 0.29) is 5.19 Å². The zero-order chi connectivity index (χ0) is 21.1. The number of halogens is 3. The lowest BCUT2D eigenvalue weighted by Gasteiger charge is -2.33. The van der Waals surface area contributed by atoms with Crippen LogP contribution in [-0.4, -0.2) is 18.1 Å². The second-order valence-electron chi connectivity index (χ2n) is 8.00. The molecule has 1 aliphatic heterocycles. The fraction of sp³-hybridized carbons (Fsp3) is 0.435. The zero-order valence-corrected chi connectivity index (χ0v) is 17.4. The zero-order valence-electron chi connectivity index (χ0n) is 16.6. The van der Waals surface area contributed by atoms with Gasteiger partial charge in [-0.05, 0) is 67.5 Å². The van der Waals surface area contributed by atoms with Crippen molar-refractivity contribution in [3.63, 3.8) is 0 Å². The van der Waals surface area contributed by atoms with Gasteiger partial charge in [0.1, 0.15) is 0 Å². The SMILES string of the molecule is [O]c1nc2ccc(N3CCC(CCCCc4ccc(C(F)(F)F)cc4)CC3)cc2s1. The van der Waals surface area contributed by atoms with Crippen molar-refractivity contribution in [3.8, 4) is 5.19 Å². The Bertz CT molecular complexity index is 976. The first-order chi connectivity index (χ1) is 14.4. The largest absolute Gasteiger partial charge is 0.416 e. The molecule has 4 rings (SSSR count). The number of aromatic nitrogens is 1. The summed E-state index contributed by atoms with van der Waals surface area (Å²) in [7, 11) is 0. The van der Waals surface area contributed by atoms with Crippen molar-refractivity contribution < 1.29 is 18.3 Å². The number of fused-ring (bicyclic) bond motifs is 1. The number of unbranched alkanes of at least 4 members (excludes halogenated alkanes) is 1. The van der Waals surface area contributed by atoms with Gasteiger partial charge in [-0.25, -0.2) is 0 Å². The van der Waals surface area contributed by atoms with Crippen LogP contribution in [0.4, 0.5) is 18.9 Å². The summed E-state index contributed by atoms with van der Waals surface area (Å²) in [4.78, 5) is 6.36. The maximum atomic E-state index is 12.6. The molecular formula is C23H24F3N2OS. The van der Waals surface area contributed by atoms with E-state index in [4.69, 9.17) is 0 Å². The van der Waals surface area contributed by atoms with E-state index in [1.807, 2.05) is 12.1 Å². The number of alkyl halides is 3. The standard InChI is InChI=1S/C23H24F3N2OS/c24-23(25,26)18-7-5-16(6-8-18)3-1-2-4-17-11-13-28(14-12-17)19-9-10-20-21(15-19)30-22(29)27-20/h5-10,15,17H,1-4,11-14H2. The van der Waals surface area contributed by atoms with Gasteiger partial charge in [0.25, 0.3) is 0 Å². The molecule has 3 nitrogen and oxygen atoms in total. The molecule has 0 bridgehead atoms. The van der Waals surface area contributed by atoms with Crippen LogP contribution in [0.15, 0.2) is 42.5 Å². The van der Waals surface area contributed by atoms with E-state index in [1.54, 1.807) is 12.1 Å². The summed E-state index contributed by atoms with van der Waals surface area (Å²) in [6.45, 7) is 2.02. The number of aryl methyl sites for hydroxylation is 1. The minimum absolute atomic E-state index is 0.142. The van der Waals surface area contributed by atoms with Gasteiger partial charge in [0.15, 0.2) is 0 Å². The number of hydrogen-bond donors (Lipinski definition) is 0. The third-order valence-electron chi connectivity index (χ3n) is 5.94. The topological polar surface area (TPSA) is 36.0 Å². The summed E-state index contributed by atoms with van der Waals surface area (Å²) in [5.74, 6) is 0.703. The number of rotatable bonds is 6. The minimum Gasteiger partial charge on any atom is -0.371 e. The van der Waals surface area contributed by atoms with Crippen molar-refractivity contribution in [3.05, 3.63) is 53.6 Å². The molecule has 1 aliphatic rings. The third kappa shape index (κ3) is 5.06. The second kappa shape index (κ2) is 8.84. The molecular weight excluding hydrogens is 409 g/mol. The van der Waals surface area contributed by atoms with Crippen molar-refractivity contribution >= 4 is 27.2 Å². The van der Waals surface area contributed by atoms with E-state index < -0.39 is 11.7 Å². The molecule has 0 saturated carbocycles. The Hall–Kier alpha value is -2.28. The Labute approximate surface area is 178 Å². The van der Waals surface area contributed by atoms with Crippen LogP contribution in [0.5, 0.6) is 5.19 Å². The van der Waals surface area contributed by atoms with Crippen LogP contribution in [0.3, 0.4) is 0 Å². The van der Waals surface area contributed by atoms with Gasteiger partial charge in [-0.1, -0.05) is 36.3 Å². The molecule has 1 fully saturated rings. The minimum atomic E-state index is -4.27. The van der Waals surface area contributed by atoms with E-state index in [9.17, 15) is 18.3 Å². The normalized spacial score (nSPS) is 15.8. The quantitative estimate of drug-likeness (QED) is 0.389. The Morgan fingerprint density at radius 3 is 2.47 bits per heavy atom. The number of piperidine rings is 1. The van der Waals surface area contributed by atoms with Crippen molar-refractivity contribution in [1.82, 2.24) is 4.98 Å². The molecule has 0 amide bonds. The van der Waals surface area contributed by atoms with Gasteiger partial charge in [0.05, 0.1) is 15.8 Å². The molecule has 159 valence electrons. The molecule has 0 spiro atoms. The van der Waals surface area contributed by atoms with Crippen molar-refractivity contribution in [1.29, 1.82) is 0 Å². The highest BCUT2D eigenvalue weighted by atomic mass is 32.1. The van der Waals surface area contributed by atoms with E-state index in [0.717, 1.165) is 66.7 Å². The lowest BCUT2D eigenvalue weighted by molar-refractivity contribution is -0.137. The Morgan fingerprint density at radius 1 is 1.03 bits per heavy atom. The van der Waals surface area contributed by atoms with Gasteiger partial charge in [0, 0.05) is 18.8 Å². The molecule has 7 heteroatoms. The second-order valence-corrected chi connectivity index (χ2v) is 9.00. The van der Waals surface area contributed by atoms with Crippen LogP contribution in [0, 0.1) is 5.92 Å². The van der Waals surface area contributed by atoms with Crippen molar-refractivity contribution in [2.24, 2.45) is 5.92 Å². The van der Waals surface area contributed by atoms with Crippen molar-refractivity contribution in [2.45, 2.75) is 44.7 Å². The highest BCUT2D eigenvalue weighted by Gasteiger charge is 2.29.